The molecule has 3 aliphatic rings. The maximum atomic E-state index is 12.4. The Balaban J connectivity index is 1.59. The first-order valence-corrected chi connectivity index (χ1v) is 7.23. The van der Waals surface area contributed by atoms with Crippen LogP contribution in [-0.2, 0) is 0 Å². The van der Waals surface area contributed by atoms with Gasteiger partial charge in [0.15, 0.2) is 5.78 Å². The van der Waals surface area contributed by atoms with Gasteiger partial charge in [-0.25, -0.2) is 0 Å². The summed E-state index contributed by atoms with van der Waals surface area (Å²) in [6, 6.07) is 2.07. The van der Waals surface area contributed by atoms with Gasteiger partial charge in [0.1, 0.15) is 0 Å². The summed E-state index contributed by atoms with van der Waals surface area (Å²) in [7, 11) is 0. The average molecular weight is 232 g/mol. The van der Waals surface area contributed by atoms with Gasteiger partial charge in [-0.3, -0.25) is 4.79 Å². The predicted molar refractivity (Wildman–Crippen MR) is 64.7 cm³/mol. The Kier molecular flexibility index (Phi) is 1.75. The number of hydrogen-bond acceptors (Lipinski definition) is 2. The lowest BCUT2D eigenvalue weighted by molar-refractivity contribution is 0.0945. The molecule has 3 fully saturated rings. The molecular formula is C14H16OS. The molecule has 2 bridgehead atoms. The van der Waals surface area contributed by atoms with E-state index in [0.717, 1.165) is 29.2 Å². The molecule has 1 aromatic heterocycles. The van der Waals surface area contributed by atoms with Crippen molar-refractivity contribution in [2.75, 3.05) is 0 Å². The Bertz CT molecular complexity index is 445. The molecule has 1 nitrogen and oxygen atoms in total. The van der Waals surface area contributed by atoms with Crippen LogP contribution >= 0.6 is 11.3 Å². The van der Waals surface area contributed by atoms with Crippen molar-refractivity contribution in [1.82, 2.24) is 0 Å². The second kappa shape index (κ2) is 2.98. The van der Waals surface area contributed by atoms with Crippen LogP contribution in [0, 0.1) is 36.5 Å². The van der Waals surface area contributed by atoms with Crippen LogP contribution in [0.5, 0.6) is 0 Å². The van der Waals surface area contributed by atoms with Crippen LogP contribution in [0.2, 0.25) is 0 Å². The highest BCUT2D eigenvalue weighted by atomic mass is 32.1. The molecule has 4 atom stereocenters. The number of rotatable bonds is 2. The van der Waals surface area contributed by atoms with Gasteiger partial charge in [-0.05, 0) is 55.9 Å². The normalized spacial score (nSPS) is 43.4. The molecule has 4 rings (SSSR count). The zero-order chi connectivity index (χ0) is 10.9. The fraction of sp³-hybridized carbons (Fsp3) is 0.643. The highest BCUT2D eigenvalue weighted by Crippen LogP contribution is 2.69. The number of fused-ring (bicyclic) bond motifs is 5. The van der Waals surface area contributed by atoms with Crippen molar-refractivity contribution in [2.24, 2.45) is 29.6 Å². The van der Waals surface area contributed by atoms with Crippen molar-refractivity contribution < 1.29 is 4.79 Å². The van der Waals surface area contributed by atoms with E-state index in [4.69, 9.17) is 0 Å². The molecule has 0 amide bonds. The van der Waals surface area contributed by atoms with Gasteiger partial charge in [-0.1, -0.05) is 0 Å². The number of Topliss-reactive ketones (excluding diaryl/α,β-unsaturated/α-hetero) is 1. The summed E-state index contributed by atoms with van der Waals surface area (Å²) in [4.78, 5) is 13.6. The summed E-state index contributed by atoms with van der Waals surface area (Å²) in [5, 5.41) is 2.05. The standard InChI is InChI=1S/C14H16OS/c1-7-4-10(6-16-7)14(15)13-11-8-2-3-9(5-8)12(11)13/h4,6,8-9,11-13H,2-3,5H2,1H3. The molecule has 0 radical (unpaired) electrons. The lowest BCUT2D eigenvalue weighted by Crippen LogP contribution is -2.09. The summed E-state index contributed by atoms with van der Waals surface area (Å²) >= 11 is 1.70. The molecule has 0 aromatic carbocycles. The average Bonchev–Trinajstić information content (AvgIpc) is 2.68. The van der Waals surface area contributed by atoms with Gasteiger partial charge in [-0.15, -0.1) is 11.3 Å². The molecule has 84 valence electrons. The molecule has 1 aromatic rings. The first kappa shape index (κ1) is 9.41. The van der Waals surface area contributed by atoms with Crippen LogP contribution in [0.15, 0.2) is 11.4 Å². The van der Waals surface area contributed by atoms with Crippen molar-refractivity contribution in [1.29, 1.82) is 0 Å². The van der Waals surface area contributed by atoms with Gasteiger partial charge in [0.25, 0.3) is 0 Å². The summed E-state index contributed by atoms with van der Waals surface area (Å²) < 4.78 is 0. The topological polar surface area (TPSA) is 17.1 Å². The number of thiophene rings is 1. The molecule has 0 saturated heterocycles. The second-order valence-corrected chi connectivity index (χ2v) is 6.94. The van der Waals surface area contributed by atoms with Gasteiger partial charge in [0, 0.05) is 21.7 Å². The zero-order valence-corrected chi connectivity index (χ0v) is 10.3. The van der Waals surface area contributed by atoms with E-state index in [0.29, 0.717) is 11.7 Å². The monoisotopic (exact) mass is 232 g/mol. The minimum Gasteiger partial charge on any atom is -0.294 e. The summed E-state index contributed by atoms with van der Waals surface area (Å²) in [5.41, 5.74) is 0.987. The molecule has 0 N–H and O–H groups in total. The first-order valence-electron chi connectivity index (χ1n) is 6.35. The van der Waals surface area contributed by atoms with E-state index in [2.05, 4.69) is 13.0 Å². The van der Waals surface area contributed by atoms with Gasteiger partial charge in [0.2, 0.25) is 0 Å². The number of aryl methyl sites for hydroxylation is 1. The summed E-state index contributed by atoms with van der Waals surface area (Å²) in [6.07, 6.45) is 4.23. The van der Waals surface area contributed by atoms with E-state index in [9.17, 15) is 4.79 Å². The highest BCUT2D eigenvalue weighted by Gasteiger charge is 2.67. The number of ketones is 1. The van der Waals surface area contributed by atoms with Gasteiger partial charge in [-0.2, -0.15) is 0 Å². The van der Waals surface area contributed by atoms with Crippen LogP contribution in [-0.4, -0.2) is 5.78 Å². The van der Waals surface area contributed by atoms with Gasteiger partial charge < -0.3 is 0 Å². The third-order valence-corrected chi connectivity index (χ3v) is 5.91. The maximum absolute atomic E-state index is 12.4. The van der Waals surface area contributed by atoms with Crippen LogP contribution < -0.4 is 0 Å². The molecular weight excluding hydrogens is 216 g/mol. The largest absolute Gasteiger partial charge is 0.294 e. The quantitative estimate of drug-likeness (QED) is 0.713. The third kappa shape index (κ3) is 1.09. The van der Waals surface area contributed by atoms with Gasteiger partial charge >= 0.3 is 0 Å². The van der Waals surface area contributed by atoms with Crippen LogP contribution in [0.25, 0.3) is 0 Å². The van der Waals surface area contributed by atoms with Crippen LogP contribution in [0.4, 0.5) is 0 Å². The van der Waals surface area contributed by atoms with Crippen molar-refractivity contribution in [3.05, 3.63) is 21.9 Å². The van der Waals surface area contributed by atoms with E-state index in [1.807, 2.05) is 5.38 Å². The molecule has 4 unspecified atom stereocenters. The highest BCUT2D eigenvalue weighted by molar-refractivity contribution is 7.10. The molecule has 3 saturated carbocycles. The SMILES string of the molecule is Cc1cc(C(=O)C2C3C4CCC(C4)C23)cs1. The Labute approximate surface area is 99.9 Å². The Morgan fingerprint density at radius 3 is 2.56 bits per heavy atom. The fourth-order valence-corrected chi connectivity index (χ4v) is 5.13. The van der Waals surface area contributed by atoms with E-state index in [1.54, 1.807) is 11.3 Å². The van der Waals surface area contributed by atoms with E-state index >= 15 is 0 Å². The van der Waals surface area contributed by atoms with E-state index in [1.165, 1.54) is 24.1 Å². The van der Waals surface area contributed by atoms with Crippen molar-refractivity contribution >= 4 is 17.1 Å². The molecule has 16 heavy (non-hydrogen) atoms. The molecule has 1 heterocycles. The number of carbonyl (C=O) groups is 1. The van der Waals surface area contributed by atoms with Crippen molar-refractivity contribution in [2.45, 2.75) is 26.2 Å². The lowest BCUT2D eigenvalue weighted by atomic mass is 9.97. The number of hydrogen-bond donors (Lipinski definition) is 0. The summed E-state index contributed by atoms with van der Waals surface area (Å²) in [5.74, 6) is 4.25. The molecule has 0 aliphatic heterocycles. The van der Waals surface area contributed by atoms with Crippen LogP contribution in [0.1, 0.15) is 34.5 Å². The van der Waals surface area contributed by atoms with Gasteiger partial charge in [0.05, 0.1) is 0 Å². The zero-order valence-electron chi connectivity index (χ0n) is 9.48. The van der Waals surface area contributed by atoms with Crippen molar-refractivity contribution in [3.63, 3.8) is 0 Å². The summed E-state index contributed by atoms with van der Waals surface area (Å²) in [6.45, 7) is 2.08. The Hall–Kier alpha value is -0.630. The van der Waals surface area contributed by atoms with Crippen LogP contribution in [0.3, 0.4) is 0 Å². The predicted octanol–water partition coefficient (Wildman–Crippen LogP) is 3.53. The third-order valence-electron chi connectivity index (χ3n) is 5.05. The minimum absolute atomic E-state index is 0.417. The molecule has 2 heteroatoms. The lowest BCUT2D eigenvalue weighted by Gasteiger charge is -2.06. The number of carbonyl (C=O) groups excluding carboxylic acids is 1. The maximum Gasteiger partial charge on any atom is 0.167 e. The Morgan fingerprint density at radius 2 is 2.00 bits per heavy atom. The van der Waals surface area contributed by atoms with E-state index in [-0.39, 0.29) is 0 Å². The minimum atomic E-state index is 0.417. The van der Waals surface area contributed by atoms with Crippen molar-refractivity contribution in [3.8, 4) is 0 Å². The second-order valence-electron chi connectivity index (χ2n) is 5.82. The fourth-order valence-electron chi connectivity index (χ4n) is 4.44. The first-order chi connectivity index (χ1) is 7.75. The van der Waals surface area contributed by atoms with E-state index < -0.39 is 0 Å². The smallest absolute Gasteiger partial charge is 0.167 e. The molecule has 0 spiro atoms. The Morgan fingerprint density at radius 1 is 1.31 bits per heavy atom. The molecule has 3 aliphatic carbocycles.